The first-order valence-corrected chi connectivity index (χ1v) is 9.29. The number of rotatable bonds is 4. The van der Waals surface area contributed by atoms with Crippen LogP contribution in [0.25, 0.3) is 0 Å². The molecule has 0 radical (unpaired) electrons. The van der Waals surface area contributed by atoms with E-state index < -0.39 is 30.8 Å². The molecule has 1 saturated carbocycles. The molecular formula is C18H24Cl2F2N6O. The number of halogens is 4. The van der Waals surface area contributed by atoms with Gasteiger partial charge >= 0.3 is 0 Å². The molecule has 2 bridgehead atoms. The minimum absolute atomic E-state index is 0. The van der Waals surface area contributed by atoms with E-state index in [4.69, 9.17) is 5.26 Å². The molecule has 0 aromatic carbocycles. The highest BCUT2D eigenvalue weighted by Crippen LogP contribution is 2.38. The maximum Gasteiger partial charge on any atom is 0.268 e. The van der Waals surface area contributed by atoms with Crippen LogP contribution < -0.4 is 10.2 Å². The lowest BCUT2D eigenvalue weighted by atomic mass is 9.92. The van der Waals surface area contributed by atoms with Crippen LogP contribution in [0.1, 0.15) is 19.3 Å². The van der Waals surface area contributed by atoms with Gasteiger partial charge in [0.05, 0.1) is 19.2 Å². The molecule has 1 aromatic rings. The predicted molar refractivity (Wildman–Crippen MR) is 107 cm³/mol. The van der Waals surface area contributed by atoms with E-state index in [0.717, 1.165) is 36.8 Å². The van der Waals surface area contributed by atoms with Gasteiger partial charge in [-0.05, 0) is 30.7 Å². The second-order valence-electron chi connectivity index (χ2n) is 7.68. The minimum atomic E-state index is -2.98. The molecule has 3 aliphatic rings. The summed E-state index contributed by atoms with van der Waals surface area (Å²) in [5.41, 5.74) is 0. The molecule has 1 aliphatic carbocycles. The highest BCUT2D eigenvalue weighted by molar-refractivity contribution is 5.85. The number of carbonyl (C=O) groups excluding carboxylic acids is 1. The molecule has 3 atom stereocenters. The van der Waals surface area contributed by atoms with E-state index >= 15 is 0 Å². The van der Waals surface area contributed by atoms with Crippen molar-refractivity contribution in [2.45, 2.75) is 37.3 Å². The van der Waals surface area contributed by atoms with E-state index in [-0.39, 0.29) is 37.4 Å². The van der Waals surface area contributed by atoms with Crippen LogP contribution in [0.3, 0.4) is 0 Å². The average Bonchev–Trinajstić information content (AvgIpc) is 3.11. The molecule has 1 aromatic heterocycles. The summed E-state index contributed by atoms with van der Waals surface area (Å²) in [7, 11) is 0. The highest BCUT2D eigenvalue weighted by Gasteiger charge is 2.48. The second-order valence-corrected chi connectivity index (χ2v) is 7.68. The van der Waals surface area contributed by atoms with Gasteiger partial charge in [-0.15, -0.1) is 24.8 Å². The van der Waals surface area contributed by atoms with Gasteiger partial charge in [-0.2, -0.15) is 5.26 Å². The molecule has 160 valence electrons. The number of likely N-dealkylation sites (tertiary alicyclic amines) is 1. The van der Waals surface area contributed by atoms with E-state index in [1.165, 1.54) is 0 Å². The van der Waals surface area contributed by atoms with Gasteiger partial charge in [-0.25, -0.2) is 18.7 Å². The molecule has 7 nitrogen and oxygen atoms in total. The summed E-state index contributed by atoms with van der Waals surface area (Å²) < 4.78 is 27.1. The Labute approximate surface area is 180 Å². The first-order valence-electron chi connectivity index (χ1n) is 9.29. The number of nitrogens with zero attached hydrogens (tertiary/aromatic N) is 5. The maximum absolute atomic E-state index is 13.5. The van der Waals surface area contributed by atoms with Crippen LogP contribution in [0.4, 0.5) is 14.7 Å². The maximum atomic E-state index is 13.5. The number of hydrogen-bond acceptors (Lipinski definition) is 6. The van der Waals surface area contributed by atoms with Crippen molar-refractivity contribution in [1.82, 2.24) is 20.2 Å². The number of hydrogen-bond donors (Lipinski definition) is 1. The number of nitriles is 1. The van der Waals surface area contributed by atoms with E-state index in [0.29, 0.717) is 11.8 Å². The summed E-state index contributed by atoms with van der Waals surface area (Å²) in [6.07, 6.45) is 5.00. The summed E-state index contributed by atoms with van der Waals surface area (Å²) in [6, 6.07) is 2.74. The third-order valence-corrected chi connectivity index (χ3v) is 5.90. The largest absolute Gasteiger partial charge is 0.340 e. The van der Waals surface area contributed by atoms with Crippen molar-refractivity contribution in [3.8, 4) is 6.07 Å². The normalized spacial score (nSPS) is 29.6. The van der Waals surface area contributed by atoms with E-state index in [1.807, 2.05) is 6.07 Å². The quantitative estimate of drug-likeness (QED) is 0.756. The molecule has 3 heterocycles. The summed E-state index contributed by atoms with van der Waals surface area (Å²) >= 11 is 0. The third kappa shape index (κ3) is 4.87. The Morgan fingerprint density at radius 1 is 1.24 bits per heavy atom. The molecular weight excluding hydrogens is 425 g/mol. The fourth-order valence-corrected chi connectivity index (χ4v) is 4.67. The van der Waals surface area contributed by atoms with Gasteiger partial charge in [0.1, 0.15) is 6.04 Å². The van der Waals surface area contributed by atoms with Crippen LogP contribution in [0.15, 0.2) is 18.5 Å². The van der Waals surface area contributed by atoms with Gasteiger partial charge in [-0.1, -0.05) is 0 Å². The first kappa shape index (κ1) is 23.5. The highest BCUT2D eigenvalue weighted by atomic mass is 35.5. The predicted octanol–water partition coefficient (Wildman–Crippen LogP) is 1.88. The van der Waals surface area contributed by atoms with Crippen LogP contribution in [0.5, 0.6) is 0 Å². The summed E-state index contributed by atoms with van der Waals surface area (Å²) in [5, 5.41) is 12.3. The second kappa shape index (κ2) is 9.37. The molecule has 2 saturated heterocycles. The van der Waals surface area contributed by atoms with Gasteiger partial charge in [-0.3, -0.25) is 4.79 Å². The van der Waals surface area contributed by atoms with Crippen LogP contribution in [-0.4, -0.2) is 65.0 Å². The van der Waals surface area contributed by atoms with Crippen LogP contribution >= 0.6 is 24.8 Å². The molecule has 1 amide bonds. The lowest BCUT2D eigenvalue weighted by Gasteiger charge is -2.38. The smallest absolute Gasteiger partial charge is 0.268 e. The molecule has 0 spiro atoms. The van der Waals surface area contributed by atoms with Crippen molar-refractivity contribution in [2.24, 2.45) is 11.8 Å². The molecule has 29 heavy (non-hydrogen) atoms. The Hall–Kier alpha value is -1.76. The van der Waals surface area contributed by atoms with E-state index in [2.05, 4.69) is 20.2 Å². The number of piperidine rings is 1. The number of carbonyl (C=O) groups is 1. The average molecular weight is 449 g/mol. The number of amides is 1. The minimum Gasteiger partial charge on any atom is -0.340 e. The fraction of sp³-hybridized carbons (Fsp3) is 0.667. The molecule has 3 fully saturated rings. The number of alkyl halides is 2. The lowest BCUT2D eigenvalue weighted by Crippen LogP contribution is -2.54. The Morgan fingerprint density at radius 2 is 1.86 bits per heavy atom. The van der Waals surface area contributed by atoms with E-state index in [1.54, 1.807) is 18.5 Å². The molecule has 2 unspecified atom stereocenters. The molecule has 1 N–H and O–H groups in total. The Balaban J connectivity index is 0.00000150. The fourth-order valence-electron chi connectivity index (χ4n) is 4.67. The van der Waals surface area contributed by atoms with Gasteiger partial charge in [0.25, 0.3) is 5.92 Å². The first-order chi connectivity index (χ1) is 13.0. The third-order valence-electron chi connectivity index (χ3n) is 5.90. The van der Waals surface area contributed by atoms with Crippen molar-refractivity contribution in [1.29, 1.82) is 5.26 Å². The monoisotopic (exact) mass is 448 g/mol. The van der Waals surface area contributed by atoms with Crippen LogP contribution in [0.2, 0.25) is 0 Å². The molecule has 4 rings (SSSR count). The molecule has 2 aliphatic heterocycles. The van der Waals surface area contributed by atoms with Crippen LogP contribution in [0, 0.1) is 23.2 Å². The zero-order valence-electron chi connectivity index (χ0n) is 15.7. The zero-order chi connectivity index (χ0) is 19.0. The number of fused-ring (bicyclic) bond motifs is 2. The van der Waals surface area contributed by atoms with Crippen molar-refractivity contribution in [3.05, 3.63) is 18.5 Å². The van der Waals surface area contributed by atoms with Crippen molar-refractivity contribution in [3.63, 3.8) is 0 Å². The SMILES string of the molecule is Cl.Cl.N#C[C@@H]1CC(F)(F)CN1C(=O)CNC1C2CCC1CN(c1ncccn1)C2. The standard InChI is InChI=1S/C18H22F2N6O.2ClH/c19-18(20)6-14(7-21)26(11-18)15(27)8-24-16-12-2-3-13(16)10-25(9-12)17-22-4-1-5-23-17;;/h1,4-5,12-14,16,24H,2-3,6,8-11H2;2*1H/t12?,13?,14-,16?;;/m0../s1. The van der Waals surface area contributed by atoms with Gasteiger partial charge < -0.3 is 15.1 Å². The number of aromatic nitrogens is 2. The Morgan fingerprint density at radius 3 is 2.45 bits per heavy atom. The van der Waals surface area contributed by atoms with Gasteiger partial charge in [0, 0.05) is 37.9 Å². The number of nitrogens with one attached hydrogen (secondary N) is 1. The molecule has 11 heteroatoms. The van der Waals surface area contributed by atoms with Gasteiger partial charge in [0.15, 0.2) is 0 Å². The lowest BCUT2D eigenvalue weighted by molar-refractivity contribution is -0.131. The topological polar surface area (TPSA) is 85.2 Å². The van der Waals surface area contributed by atoms with Gasteiger partial charge in [0.2, 0.25) is 11.9 Å². The van der Waals surface area contributed by atoms with Crippen molar-refractivity contribution in [2.75, 3.05) is 31.1 Å². The van der Waals surface area contributed by atoms with E-state index in [9.17, 15) is 13.6 Å². The van der Waals surface area contributed by atoms with Crippen molar-refractivity contribution >= 4 is 36.7 Å². The summed E-state index contributed by atoms with van der Waals surface area (Å²) in [6.45, 7) is 0.958. The Bertz CT molecular complexity index is 736. The zero-order valence-corrected chi connectivity index (χ0v) is 17.3. The summed E-state index contributed by atoms with van der Waals surface area (Å²) in [5.74, 6) is -1.94. The summed E-state index contributed by atoms with van der Waals surface area (Å²) in [4.78, 5) is 24.2. The van der Waals surface area contributed by atoms with Crippen molar-refractivity contribution < 1.29 is 13.6 Å². The Kier molecular flexibility index (Phi) is 7.60. The number of anilines is 1. The van der Waals surface area contributed by atoms with Crippen LogP contribution in [-0.2, 0) is 4.79 Å².